The van der Waals surface area contributed by atoms with Crippen LogP contribution in [0.5, 0.6) is 0 Å². The summed E-state index contributed by atoms with van der Waals surface area (Å²) in [5.74, 6) is -2.44. The first kappa shape index (κ1) is 35.2. The molecule has 1 aromatic rings. The van der Waals surface area contributed by atoms with Crippen LogP contribution in [0.25, 0.3) is 0 Å². The zero-order valence-corrected chi connectivity index (χ0v) is 27.2. The monoisotopic (exact) mass is 621 g/mol. The van der Waals surface area contributed by atoms with Crippen molar-refractivity contribution in [3.05, 3.63) is 35.9 Å². The summed E-state index contributed by atoms with van der Waals surface area (Å²) >= 11 is 0. The molecule has 1 unspecified atom stereocenters. The van der Waals surface area contributed by atoms with Crippen LogP contribution in [0.2, 0.25) is 0 Å². The second kappa shape index (κ2) is 17.3. The Kier molecular flexibility index (Phi) is 14.2. The Morgan fingerprint density at radius 2 is 1.44 bits per heavy atom. The Bertz CT molecular complexity index is 1070. The van der Waals surface area contributed by atoms with Crippen LogP contribution in [0.4, 0.5) is 0 Å². The first-order chi connectivity index (χ1) is 20.6. The van der Waals surface area contributed by atoms with Gasteiger partial charge in [-0.15, -0.1) is 0 Å². The van der Waals surface area contributed by atoms with Crippen LogP contribution in [0.15, 0.2) is 30.3 Å². The Morgan fingerprint density at radius 3 is 2.02 bits per heavy atom. The maximum Gasteiger partial charge on any atom is 0.360 e. The van der Waals surface area contributed by atoms with Crippen molar-refractivity contribution in [3.8, 4) is 0 Å². The molecule has 242 valence electrons. The molecule has 4 atom stereocenters. The van der Waals surface area contributed by atoms with E-state index < -0.39 is 43.4 Å². The van der Waals surface area contributed by atoms with E-state index in [0.717, 1.165) is 63.4 Å². The van der Waals surface area contributed by atoms with Crippen molar-refractivity contribution in [2.24, 2.45) is 17.8 Å². The van der Waals surface area contributed by atoms with E-state index in [0.29, 0.717) is 12.8 Å². The number of aliphatic hydroxyl groups is 1. The molecule has 0 aliphatic heterocycles. The molecule has 4 N–H and O–H groups in total. The standard InChI is InChI=1S/C32H52N3O7P/c1-22(2)19-26(30(37)35-28(21-24-15-9-6-10-16-24)32(39)43(40,41-3)42-4)34-31(38)27(20-23-13-7-5-8-14-23)33-29(36)25-17-11-12-18-25/h5,7-8,13-14,22,24-28,32,39H,6,9-12,15-21H2,1-4H3,(H,33,36)(H,34,38)(H,35,37)/t26-,27-,28-,32?/m0/s1. The van der Waals surface area contributed by atoms with Gasteiger partial charge in [-0.1, -0.05) is 89.1 Å². The third-order valence-corrected chi connectivity index (χ3v) is 10.8. The van der Waals surface area contributed by atoms with Crippen LogP contribution in [0.3, 0.4) is 0 Å². The molecular weight excluding hydrogens is 569 g/mol. The molecule has 0 heterocycles. The average Bonchev–Trinajstić information content (AvgIpc) is 3.55. The largest absolute Gasteiger partial charge is 0.379 e. The molecule has 1 aromatic carbocycles. The van der Waals surface area contributed by atoms with Crippen molar-refractivity contribution in [1.29, 1.82) is 0 Å². The fraction of sp³-hybridized carbons (Fsp3) is 0.719. The van der Waals surface area contributed by atoms with Gasteiger partial charge in [-0.25, -0.2) is 0 Å². The van der Waals surface area contributed by atoms with Gasteiger partial charge in [0.2, 0.25) is 17.7 Å². The first-order valence-electron chi connectivity index (χ1n) is 15.9. The Balaban J connectivity index is 1.80. The third-order valence-electron chi connectivity index (χ3n) is 8.81. The van der Waals surface area contributed by atoms with E-state index >= 15 is 0 Å². The third kappa shape index (κ3) is 10.7. The molecule has 10 nitrogen and oxygen atoms in total. The molecule has 0 saturated heterocycles. The van der Waals surface area contributed by atoms with Crippen LogP contribution >= 0.6 is 7.60 Å². The van der Waals surface area contributed by atoms with E-state index in [1.54, 1.807) is 0 Å². The quantitative estimate of drug-likeness (QED) is 0.196. The van der Waals surface area contributed by atoms with Gasteiger partial charge in [0.15, 0.2) is 5.85 Å². The lowest BCUT2D eigenvalue weighted by Crippen LogP contribution is -2.57. The van der Waals surface area contributed by atoms with E-state index in [1.807, 2.05) is 44.2 Å². The highest BCUT2D eigenvalue weighted by Crippen LogP contribution is 2.52. The molecule has 0 radical (unpaired) electrons. The molecule has 0 spiro atoms. The van der Waals surface area contributed by atoms with E-state index in [-0.39, 0.29) is 30.1 Å². The predicted octanol–water partition coefficient (Wildman–Crippen LogP) is 4.69. The SMILES string of the molecule is COP(=O)(OC)C(O)[C@H](CC1CCCCC1)NC(=O)[C@H](CC(C)C)NC(=O)[C@H](Cc1ccccc1)NC(=O)C1CCCC1. The number of amides is 3. The number of benzene rings is 1. The predicted molar refractivity (Wildman–Crippen MR) is 166 cm³/mol. The molecule has 2 fully saturated rings. The number of carbonyl (C=O) groups excluding carboxylic acids is 3. The highest BCUT2D eigenvalue weighted by molar-refractivity contribution is 7.54. The topological polar surface area (TPSA) is 143 Å². The maximum atomic E-state index is 13.8. The van der Waals surface area contributed by atoms with Crippen LogP contribution in [0.1, 0.15) is 90.0 Å². The number of hydrogen-bond donors (Lipinski definition) is 4. The molecule has 11 heteroatoms. The lowest BCUT2D eigenvalue weighted by Gasteiger charge is -2.33. The summed E-state index contributed by atoms with van der Waals surface area (Å²) in [6, 6.07) is 6.79. The van der Waals surface area contributed by atoms with Gasteiger partial charge in [-0.3, -0.25) is 18.9 Å². The van der Waals surface area contributed by atoms with Crippen LogP contribution < -0.4 is 16.0 Å². The first-order valence-corrected chi connectivity index (χ1v) is 17.5. The van der Waals surface area contributed by atoms with Gasteiger partial charge in [0.1, 0.15) is 12.1 Å². The van der Waals surface area contributed by atoms with Gasteiger partial charge < -0.3 is 30.1 Å². The second-order valence-electron chi connectivity index (χ2n) is 12.6. The Hall–Kier alpha value is -2.26. The van der Waals surface area contributed by atoms with Crippen LogP contribution in [0, 0.1) is 17.8 Å². The normalized spacial score (nSPS) is 19.4. The summed E-state index contributed by atoms with van der Waals surface area (Å²) in [5.41, 5.74) is 0.893. The van der Waals surface area contributed by atoms with E-state index in [4.69, 9.17) is 9.05 Å². The number of rotatable bonds is 16. The molecular formula is C32H52N3O7P. The lowest BCUT2D eigenvalue weighted by atomic mass is 9.85. The zero-order valence-electron chi connectivity index (χ0n) is 26.3. The number of hydrogen-bond acceptors (Lipinski definition) is 7. The van der Waals surface area contributed by atoms with Gasteiger partial charge >= 0.3 is 7.60 Å². The summed E-state index contributed by atoms with van der Waals surface area (Å²) in [6.07, 6.45) is 9.84. The van der Waals surface area contributed by atoms with Crippen molar-refractivity contribution in [1.82, 2.24) is 16.0 Å². The molecule has 2 saturated carbocycles. The fourth-order valence-electron chi connectivity index (χ4n) is 6.34. The summed E-state index contributed by atoms with van der Waals surface area (Å²) < 4.78 is 23.3. The smallest absolute Gasteiger partial charge is 0.360 e. The Labute approximate surface area is 257 Å². The van der Waals surface area contributed by atoms with Crippen molar-refractivity contribution >= 4 is 25.3 Å². The number of carbonyl (C=O) groups is 3. The number of aliphatic hydroxyl groups excluding tert-OH is 1. The van der Waals surface area contributed by atoms with Crippen molar-refractivity contribution < 1.29 is 33.1 Å². The fourth-order valence-corrected chi connectivity index (χ4v) is 7.56. The van der Waals surface area contributed by atoms with E-state index in [1.165, 1.54) is 14.2 Å². The molecule has 2 aliphatic carbocycles. The van der Waals surface area contributed by atoms with Gasteiger partial charge in [-0.05, 0) is 43.1 Å². The van der Waals surface area contributed by atoms with E-state index in [2.05, 4.69) is 16.0 Å². The van der Waals surface area contributed by atoms with Crippen molar-refractivity contribution in [2.45, 2.75) is 115 Å². The lowest BCUT2D eigenvalue weighted by molar-refractivity contribution is -0.133. The highest BCUT2D eigenvalue weighted by atomic mass is 31.2. The van der Waals surface area contributed by atoms with Crippen molar-refractivity contribution in [2.75, 3.05) is 14.2 Å². The molecule has 0 bridgehead atoms. The van der Waals surface area contributed by atoms with Crippen LogP contribution in [-0.2, 0) is 34.4 Å². The second-order valence-corrected chi connectivity index (χ2v) is 14.9. The van der Waals surface area contributed by atoms with Crippen molar-refractivity contribution in [3.63, 3.8) is 0 Å². The van der Waals surface area contributed by atoms with Crippen LogP contribution in [-0.4, -0.2) is 61.0 Å². The number of nitrogens with one attached hydrogen (secondary N) is 3. The summed E-state index contributed by atoms with van der Waals surface area (Å²) in [7, 11) is -1.49. The highest BCUT2D eigenvalue weighted by Gasteiger charge is 2.41. The molecule has 3 rings (SSSR count). The summed E-state index contributed by atoms with van der Waals surface area (Å²) in [5, 5.41) is 19.9. The minimum Gasteiger partial charge on any atom is -0.379 e. The maximum absolute atomic E-state index is 13.8. The van der Waals surface area contributed by atoms with Gasteiger partial charge in [0.25, 0.3) is 0 Å². The Morgan fingerprint density at radius 1 is 0.860 bits per heavy atom. The zero-order chi connectivity index (χ0) is 31.4. The molecule has 2 aliphatic rings. The molecule has 0 aromatic heterocycles. The molecule has 3 amide bonds. The molecule has 43 heavy (non-hydrogen) atoms. The van der Waals surface area contributed by atoms with E-state index in [9.17, 15) is 24.1 Å². The minimum atomic E-state index is -3.91. The summed E-state index contributed by atoms with van der Waals surface area (Å²) in [4.78, 5) is 40.6. The minimum absolute atomic E-state index is 0.0578. The van der Waals surface area contributed by atoms with Gasteiger partial charge in [-0.2, -0.15) is 0 Å². The summed E-state index contributed by atoms with van der Waals surface area (Å²) in [6.45, 7) is 3.91. The average molecular weight is 622 g/mol. The van der Waals surface area contributed by atoms with Gasteiger partial charge in [0.05, 0.1) is 6.04 Å². The van der Waals surface area contributed by atoms with Gasteiger partial charge in [0, 0.05) is 26.6 Å².